The van der Waals surface area contributed by atoms with Crippen molar-refractivity contribution < 1.29 is 10.2 Å². The molecule has 0 aromatic heterocycles. The van der Waals surface area contributed by atoms with Crippen LogP contribution in [0.4, 0.5) is 0 Å². The molecule has 0 radical (unpaired) electrons. The second-order valence-corrected chi connectivity index (χ2v) is 7.08. The molecule has 0 saturated carbocycles. The van der Waals surface area contributed by atoms with Crippen LogP contribution in [0.1, 0.15) is 62.4 Å². The second kappa shape index (κ2) is 8.09. The smallest absolute Gasteiger partial charge is 0.0685 e. The molecule has 1 aliphatic rings. The molecule has 2 rings (SSSR count). The first-order valence-corrected chi connectivity index (χ1v) is 8.74. The predicted octanol–water partition coefficient (Wildman–Crippen LogP) is 3.58. The number of hydrogen-bond acceptors (Lipinski definition) is 3. The van der Waals surface area contributed by atoms with Gasteiger partial charge in [-0.3, -0.25) is 4.90 Å². The molecule has 1 aromatic rings. The van der Waals surface area contributed by atoms with E-state index in [4.69, 9.17) is 0 Å². The van der Waals surface area contributed by atoms with E-state index in [1.54, 1.807) is 0 Å². The molecule has 23 heavy (non-hydrogen) atoms. The topological polar surface area (TPSA) is 43.7 Å². The van der Waals surface area contributed by atoms with Crippen LogP contribution in [0.5, 0.6) is 0 Å². The van der Waals surface area contributed by atoms with Gasteiger partial charge < -0.3 is 10.2 Å². The minimum absolute atomic E-state index is 0.00161. The Morgan fingerprint density at radius 2 is 1.91 bits per heavy atom. The highest BCUT2D eigenvalue weighted by Gasteiger charge is 2.25. The zero-order valence-corrected chi connectivity index (χ0v) is 15.0. The lowest BCUT2D eigenvalue weighted by Gasteiger charge is -2.36. The molecule has 0 saturated heterocycles. The van der Waals surface area contributed by atoms with Gasteiger partial charge in [-0.1, -0.05) is 37.6 Å². The highest BCUT2D eigenvalue weighted by atomic mass is 16.3. The summed E-state index contributed by atoms with van der Waals surface area (Å²) in [6, 6.07) is 4.52. The number of rotatable bonds is 6. The third-order valence-electron chi connectivity index (χ3n) is 4.95. The molecule has 0 fully saturated rings. The number of allylic oxidation sites excluding steroid dienone is 1. The van der Waals surface area contributed by atoms with E-state index in [-0.39, 0.29) is 13.2 Å². The molecule has 0 spiro atoms. The van der Waals surface area contributed by atoms with Gasteiger partial charge in [0.2, 0.25) is 0 Å². The molecule has 0 unspecified atom stereocenters. The summed E-state index contributed by atoms with van der Waals surface area (Å²) in [5, 5.41) is 19.0. The molecule has 1 aliphatic heterocycles. The maximum absolute atomic E-state index is 9.55. The monoisotopic (exact) mass is 317 g/mol. The number of aliphatic hydroxyl groups excluding tert-OH is 2. The van der Waals surface area contributed by atoms with Crippen LogP contribution >= 0.6 is 0 Å². The van der Waals surface area contributed by atoms with E-state index in [1.165, 1.54) is 16.7 Å². The molecule has 2 N–H and O–H groups in total. The normalized spacial score (nSPS) is 19.3. The number of benzene rings is 1. The lowest BCUT2D eigenvalue weighted by Crippen LogP contribution is -2.35. The summed E-state index contributed by atoms with van der Waals surface area (Å²) in [5.41, 5.74) is 5.84. The third kappa shape index (κ3) is 4.23. The molecule has 3 nitrogen and oxygen atoms in total. The molecule has 128 valence electrons. The maximum Gasteiger partial charge on any atom is 0.0685 e. The van der Waals surface area contributed by atoms with E-state index in [9.17, 15) is 10.2 Å². The van der Waals surface area contributed by atoms with Crippen molar-refractivity contribution in [1.29, 1.82) is 0 Å². The SMILES string of the molecule is C/C=C(/CC(C)C)CN1CCc2cc(CO)c(CO)cc2[C@H]1C. The Labute approximate surface area is 140 Å². The molecular weight excluding hydrogens is 286 g/mol. The Bertz CT molecular complexity index is 563. The minimum atomic E-state index is -0.0106. The van der Waals surface area contributed by atoms with Gasteiger partial charge in [-0.15, -0.1) is 0 Å². The van der Waals surface area contributed by atoms with Crippen molar-refractivity contribution in [2.24, 2.45) is 5.92 Å². The van der Waals surface area contributed by atoms with E-state index in [2.05, 4.69) is 50.8 Å². The van der Waals surface area contributed by atoms with E-state index >= 15 is 0 Å². The Hall–Kier alpha value is -1.16. The van der Waals surface area contributed by atoms with Gasteiger partial charge in [-0.2, -0.15) is 0 Å². The Morgan fingerprint density at radius 1 is 1.26 bits per heavy atom. The lowest BCUT2D eigenvalue weighted by atomic mass is 9.89. The second-order valence-electron chi connectivity index (χ2n) is 7.08. The first-order chi connectivity index (χ1) is 11.0. The average molecular weight is 317 g/mol. The number of aliphatic hydroxyl groups is 2. The lowest BCUT2D eigenvalue weighted by molar-refractivity contribution is 0.211. The average Bonchev–Trinajstić information content (AvgIpc) is 2.55. The van der Waals surface area contributed by atoms with Crippen LogP contribution in [0.15, 0.2) is 23.8 Å². The summed E-state index contributed by atoms with van der Waals surface area (Å²) in [4.78, 5) is 2.53. The fourth-order valence-electron chi connectivity index (χ4n) is 3.59. The first-order valence-electron chi connectivity index (χ1n) is 8.74. The van der Waals surface area contributed by atoms with Crippen molar-refractivity contribution in [3.8, 4) is 0 Å². The summed E-state index contributed by atoms with van der Waals surface area (Å²) in [7, 11) is 0. The van der Waals surface area contributed by atoms with Gasteiger partial charge >= 0.3 is 0 Å². The molecule has 3 heteroatoms. The van der Waals surface area contributed by atoms with Gasteiger partial charge in [0, 0.05) is 19.1 Å². The van der Waals surface area contributed by atoms with Crippen molar-refractivity contribution in [3.63, 3.8) is 0 Å². The summed E-state index contributed by atoms with van der Waals surface area (Å²) in [6.07, 6.45) is 4.42. The summed E-state index contributed by atoms with van der Waals surface area (Å²) in [6.45, 7) is 11.0. The van der Waals surface area contributed by atoms with E-state index < -0.39 is 0 Å². The van der Waals surface area contributed by atoms with Gasteiger partial charge in [0.15, 0.2) is 0 Å². The largest absolute Gasteiger partial charge is 0.392 e. The van der Waals surface area contributed by atoms with Crippen LogP contribution in [0.25, 0.3) is 0 Å². The van der Waals surface area contributed by atoms with Crippen molar-refractivity contribution in [3.05, 3.63) is 46.0 Å². The highest BCUT2D eigenvalue weighted by molar-refractivity contribution is 5.41. The van der Waals surface area contributed by atoms with Crippen LogP contribution in [-0.4, -0.2) is 28.2 Å². The van der Waals surface area contributed by atoms with Crippen LogP contribution in [0.2, 0.25) is 0 Å². The van der Waals surface area contributed by atoms with Crippen LogP contribution < -0.4 is 0 Å². The Balaban J connectivity index is 2.21. The van der Waals surface area contributed by atoms with Crippen LogP contribution in [-0.2, 0) is 19.6 Å². The number of nitrogens with zero attached hydrogens (tertiary/aromatic N) is 1. The zero-order valence-electron chi connectivity index (χ0n) is 15.0. The standard InChI is InChI=1S/C20H31NO2/c1-5-16(8-14(2)3)11-21-7-6-17-9-18(12-22)19(13-23)10-20(17)15(21)4/h5,9-10,14-15,22-23H,6-8,11-13H2,1-4H3/b16-5-/t15-/m1/s1. The van der Waals surface area contributed by atoms with Gasteiger partial charge in [-0.05, 0) is 54.9 Å². The predicted molar refractivity (Wildman–Crippen MR) is 95.2 cm³/mol. The summed E-state index contributed by atoms with van der Waals surface area (Å²) < 4.78 is 0. The van der Waals surface area contributed by atoms with E-state index in [0.717, 1.165) is 37.1 Å². The fraction of sp³-hybridized carbons (Fsp3) is 0.600. The van der Waals surface area contributed by atoms with Crippen molar-refractivity contribution in [2.75, 3.05) is 13.1 Å². The molecular formula is C20H31NO2. The molecule has 1 aromatic carbocycles. The van der Waals surface area contributed by atoms with Crippen molar-refractivity contribution in [2.45, 2.75) is 59.8 Å². The Morgan fingerprint density at radius 3 is 2.48 bits per heavy atom. The van der Waals surface area contributed by atoms with Crippen molar-refractivity contribution >= 4 is 0 Å². The van der Waals surface area contributed by atoms with Crippen LogP contribution in [0, 0.1) is 5.92 Å². The Kier molecular flexibility index (Phi) is 6.40. The van der Waals surface area contributed by atoms with E-state index in [1.807, 2.05) is 0 Å². The van der Waals surface area contributed by atoms with Gasteiger partial charge in [0.05, 0.1) is 13.2 Å². The first kappa shape index (κ1) is 18.2. The molecule has 1 heterocycles. The van der Waals surface area contributed by atoms with Gasteiger partial charge in [0.25, 0.3) is 0 Å². The van der Waals surface area contributed by atoms with Gasteiger partial charge in [-0.25, -0.2) is 0 Å². The van der Waals surface area contributed by atoms with Gasteiger partial charge in [0.1, 0.15) is 0 Å². The third-order valence-corrected chi connectivity index (χ3v) is 4.95. The van der Waals surface area contributed by atoms with Crippen molar-refractivity contribution in [1.82, 2.24) is 4.90 Å². The van der Waals surface area contributed by atoms with E-state index in [0.29, 0.717) is 12.0 Å². The number of hydrogen-bond donors (Lipinski definition) is 2. The molecule has 0 bridgehead atoms. The van der Waals surface area contributed by atoms with Crippen LogP contribution in [0.3, 0.4) is 0 Å². The maximum atomic E-state index is 9.55. The quantitative estimate of drug-likeness (QED) is 0.788. The number of fused-ring (bicyclic) bond motifs is 1. The summed E-state index contributed by atoms with van der Waals surface area (Å²) in [5.74, 6) is 0.682. The molecule has 0 aliphatic carbocycles. The summed E-state index contributed by atoms with van der Waals surface area (Å²) >= 11 is 0. The zero-order chi connectivity index (χ0) is 17.0. The fourth-order valence-corrected chi connectivity index (χ4v) is 3.59. The molecule has 1 atom stereocenters. The highest BCUT2D eigenvalue weighted by Crippen LogP contribution is 2.32. The minimum Gasteiger partial charge on any atom is -0.392 e. The molecule has 0 amide bonds.